The summed E-state index contributed by atoms with van der Waals surface area (Å²) in [6, 6.07) is 0. The Hall–Kier alpha value is -1.64. The molecule has 1 heterocycles. The van der Waals surface area contributed by atoms with Gasteiger partial charge in [-0.1, -0.05) is 0 Å². The van der Waals surface area contributed by atoms with Crippen molar-refractivity contribution in [2.24, 2.45) is 0 Å². The average molecular weight is 205 g/mol. The lowest BCUT2D eigenvalue weighted by atomic mass is 10.1. The Morgan fingerprint density at radius 2 is 2.13 bits per heavy atom. The maximum absolute atomic E-state index is 10.8. The molecule has 0 aromatic carbocycles. The molecule has 0 fully saturated rings. The number of rotatable bonds is 3. The maximum Gasteiger partial charge on any atom is 0.152 e. The van der Waals surface area contributed by atoms with Gasteiger partial charge in [-0.05, 0) is 32.9 Å². The van der Waals surface area contributed by atoms with Gasteiger partial charge >= 0.3 is 0 Å². The van der Waals surface area contributed by atoms with Gasteiger partial charge in [-0.15, -0.1) is 0 Å². The fraction of sp³-hybridized carbons (Fsp3) is 0.333. The van der Waals surface area contributed by atoms with Crippen LogP contribution >= 0.6 is 0 Å². The van der Waals surface area contributed by atoms with Gasteiger partial charge in [0.1, 0.15) is 5.75 Å². The predicted molar refractivity (Wildman–Crippen MR) is 60.0 cm³/mol. The van der Waals surface area contributed by atoms with Crippen molar-refractivity contribution in [3.8, 4) is 5.75 Å². The van der Waals surface area contributed by atoms with Crippen molar-refractivity contribution < 1.29 is 9.53 Å². The van der Waals surface area contributed by atoms with Crippen LogP contribution in [-0.2, 0) is 4.79 Å². The fourth-order valence-electron chi connectivity index (χ4n) is 1.41. The van der Waals surface area contributed by atoms with Gasteiger partial charge in [0.05, 0.1) is 12.8 Å². The van der Waals surface area contributed by atoms with Crippen molar-refractivity contribution in [2.45, 2.75) is 20.8 Å². The number of methoxy groups -OCH3 is 1. The summed E-state index contributed by atoms with van der Waals surface area (Å²) in [6.45, 7) is 5.38. The lowest BCUT2D eigenvalue weighted by Crippen LogP contribution is -1.96. The minimum Gasteiger partial charge on any atom is -0.496 e. The van der Waals surface area contributed by atoms with Crippen LogP contribution in [-0.4, -0.2) is 17.9 Å². The molecule has 1 aromatic rings. The number of aryl methyl sites for hydroxylation is 1. The van der Waals surface area contributed by atoms with E-state index in [1.54, 1.807) is 19.4 Å². The van der Waals surface area contributed by atoms with Crippen molar-refractivity contribution in [3.63, 3.8) is 0 Å². The number of ketones is 1. The molecule has 0 saturated heterocycles. The van der Waals surface area contributed by atoms with E-state index < -0.39 is 0 Å². The largest absolute Gasteiger partial charge is 0.496 e. The fourth-order valence-corrected chi connectivity index (χ4v) is 1.41. The van der Waals surface area contributed by atoms with Gasteiger partial charge in [0.15, 0.2) is 5.78 Å². The molecule has 0 N–H and O–H groups in total. The number of nitrogens with zero attached hydrogens (tertiary/aromatic N) is 1. The summed E-state index contributed by atoms with van der Waals surface area (Å²) < 4.78 is 5.26. The molecule has 0 aliphatic heterocycles. The second-order valence-corrected chi connectivity index (χ2v) is 3.43. The molecule has 0 saturated carbocycles. The molecule has 1 rings (SSSR count). The van der Waals surface area contributed by atoms with Crippen LogP contribution < -0.4 is 4.74 Å². The van der Waals surface area contributed by atoms with Crippen LogP contribution in [0.2, 0.25) is 0 Å². The first-order valence-corrected chi connectivity index (χ1v) is 4.75. The van der Waals surface area contributed by atoms with Crippen molar-refractivity contribution in [2.75, 3.05) is 7.11 Å². The number of aromatic nitrogens is 1. The van der Waals surface area contributed by atoms with Crippen LogP contribution in [0.3, 0.4) is 0 Å². The molecule has 0 aliphatic rings. The highest BCUT2D eigenvalue weighted by molar-refractivity contribution is 5.91. The number of hydrogen-bond acceptors (Lipinski definition) is 3. The third kappa shape index (κ3) is 2.65. The number of allylic oxidation sites excluding steroid dienone is 1. The van der Waals surface area contributed by atoms with Crippen molar-refractivity contribution in [1.29, 1.82) is 0 Å². The van der Waals surface area contributed by atoms with E-state index in [0.717, 1.165) is 22.6 Å². The Balaban J connectivity index is 3.16. The van der Waals surface area contributed by atoms with Gasteiger partial charge in [-0.25, -0.2) is 0 Å². The van der Waals surface area contributed by atoms with Gasteiger partial charge in [-0.3, -0.25) is 9.78 Å². The molecule has 15 heavy (non-hydrogen) atoms. The Bertz CT molecular complexity index is 408. The lowest BCUT2D eigenvalue weighted by molar-refractivity contribution is -0.112. The Morgan fingerprint density at radius 1 is 1.47 bits per heavy atom. The Kier molecular flexibility index (Phi) is 3.61. The second-order valence-electron chi connectivity index (χ2n) is 3.43. The predicted octanol–water partition coefficient (Wildman–Crippen LogP) is 2.31. The third-order valence-electron chi connectivity index (χ3n) is 2.16. The molecular formula is C12H15NO2. The van der Waals surface area contributed by atoms with E-state index in [1.807, 2.05) is 13.8 Å². The summed E-state index contributed by atoms with van der Waals surface area (Å²) in [4.78, 5) is 15.0. The number of hydrogen-bond donors (Lipinski definition) is 0. The van der Waals surface area contributed by atoms with Gasteiger partial charge in [0.25, 0.3) is 0 Å². The molecule has 0 bridgehead atoms. The van der Waals surface area contributed by atoms with Crippen LogP contribution in [0.1, 0.15) is 23.7 Å². The van der Waals surface area contributed by atoms with E-state index >= 15 is 0 Å². The molecule has 3 nitrogen and oxygen atoms in total. The summed E-state index contributed by atoms with van der Waals surface area (Å²) in [5.41, 5.74) is 2.72. The molecule has 3 heteroatoms. The minimum absolute atomic E-state index is 0.00995. The average Bonchev–Trinajstić information content (AvgIpc) is 2.17. The molecule has 0 aliphatic carbocycles. The summed E-state index contributed by atoms with van der Waals surface area (Å²) in [6.07, 6.45) is 4.95. The van der Waals surface area contributed by atoms with Crippen LogP contribution in [0.25, 0.3) is 6.08 Å². The standard InChI is InChI=1S/C12H15NO2/c1-8-7-13-11(6-5-9(2)14)10(3)12(8)15-4/h5-7H,1-4H3. The zero-order chi connectivity index (χ0) is 11.4. The summed E-state index contributed by atoms with van der Waals surface area (Å²) in [5.74, 6) is 0.837. The molecule has 0 amide bonds. The van der Waals surface area contributed by atoms with Crippen LogP contribution in [0.4, 0.5) is 0 Å². The number of carbonyl (C=O) groups excluding carboxylic acids is 1. The van der Waals surface area contributed by atoms with Crippen LogP contribution in [0.5, 0.6) is 5.75 Å². The number of carbonyl (C=O) groups is 1. The van der Waals surface area contributed by atoms with E-state index in [0.29, 0.717) is 0 Å². The van der Waals surface area contributed by atoms with Crippen molar-refractivity contribution in [1.82, 2.24) is 4.98 Å². The monoisotopic (exact) mass is 205 g/mol. The highest BCUT2D eigenvalue weighted by Gasteiger charge is 2.06. The molecular weight excluding hydrogens is 190 g/mol. The third-order valence-corrected chi connectivity index (χ3v) is 2.16. The molecule has 80 valence electrons. The first-order valence-electron chi connectivity index (χ1n) is 4.75. The normalized spacial score (nSPS) is 10.7. The molecule has 1 aromatic heterocycles. The van der Waals surface area contributed by atoms with Gasteiger partial charge < -0.3 is 4.74 Å². The first-order chi connectivity index (χ1) is 7.06. The highest BCUT2D eigenvalue weighted by Crippen LogP contribution is 2.24. The molecule has 0 unspecified atom stereocenters. The SMILES string of the molecule is COc1c(C)cnc(C=CC(C)=O)c1C. The van der Waals surface area contributed by atoms with Crippen LogP contribution in [0.15, 0.2) is 12.3 Å². The van der Waals surface area contributed by atoms with Crippen LogP contribution in [0, 0.1) is 13.8 Å². The smallest absolute Gasteiger partial charge is 0.152 e. The topological polar surface area (TPSA) is 39.2 Å². The summed E-state index contributed by atoms with van der Waals surface area (Å²) in [5, 5.41) is 0. The molecule has 0 atom stereocenters. The zero-order valence-corrected chi connectivity index (χ0v) is 9.50. The van der Waals surface area contributed by atoms with E-state index in [9.17, 15) is 4.79 Å². The Morgan fingerprint density at radius 3 is 2.67 bits per heavy atom. The first kappa shape index (κ1) is 11.4. The quantitative estimate of drug-likeness (QED) is 0.711. The zero-order valence-electron chi connectivity index (χ0n) is 9.50. The number of ether oxygens (including phenoxy) is 1. The van der Waals surface area contributed by atoms with E-state index in [-0.39, 0.29) is 5.78 Å². The van der Waals surface area contributed by atoms with Gasteiger partial charge in [-0.2, -0.15) is 0 Å². The molecule has 0 radical (unpaired) electrons. The maximum atomic E-state index is 10.8. The minimum atomic E-state index is 0.00995. The Labute approximate surface area is 89.8 Å². The number of pyridine rings is 1. The van der Waals surface area contributed by atoms with Gasteiger partial charge in [0.2, 0.25) is 0 Å². The van der Waals surface area contributed by atoms with Gasteiger partial charge in [0, 0.05) is 17.3 Å². The highest BCUT2D eigenvalue weighted by atomic mass is 16.5. The van der Waals surface area contributed by atoms with Crippen molar-refractivity contribution >= 4 is 11.9 Å². The van der Waals surface area contributed by atoms with E-state index in [4.69, 9.17) is 4.74 Å². The van der Waals surface area contributed by atoms with E-state index in [2.05, 4.69) is 4.98 Å². The van der Waals surface area contributed by atoms with E-state index in [1.165, 1.54) is 13.0 Å². The lowest BCUT2D eigenvalue weighted by Gasteiger charge is -2.09. The second kappa shape index (κ2) is 4.73. The summed E-state index contributed by atoms with van der Waals surface area (Å²) in [7, 11) is 1.63. The summed E-state index contributed by atoms with van der Waals surface area (Å²) >= 11 is 0. The van der Waals surface area contributed by atoms with Crippen molar-refractivity contribution in [3.05, 3.63) is 29.1 Å². The molecule has 0 spiro atoms.